The summed E-state index contributed by atoms with van der Waals surface area (Å²) in [6.45, 7) is 2.35. The first-order chi connectivity index (χ1) is 5.58. The van der Waals surface area contributed by atoms with E-state index >= 15 is 0 Å². The van der Waals surface area contributed by atoms with Crippen molar-refractivity contribution in [3.63, 3.8) is 0 Å². The molecule has 2 N–H and O–H groups in total. The third kappa shape index (κ3) is 1.10. The van der Waals surface area contributed by atoms with Gasteiger partial charge in [-0.1, -0.05) is 18.0 Å². The van der Waals surface area contributed by atoms with Crippen molar-refractivity contribution in [3.8, 4) is 0 Å². The van der Waals surface area contributed by atoms with Crippen LogP contribution < -0.4 is 0 Å². The summed E-state index contributed by atoms with van der Waals surface area (Å²) in [6, 6.07) is 0. The quantitative estimate of drug-likeness (QED) is 0.459. The highest BCUT2D eigenvalue weighted by Crippen LogP contribution is 2.47. The van der Waals surface area contributed by atoms with Crippen LogP contribution in [0.1, 0.15) is 6.42 Å². The highest BCUT2D eigenvalue weighted by molar-refractivity contribution is 6.14. The van der Waals surface area contributed by atoms with E-state index in [1.165, 1.54) is 0 Å². The van der Waals surface area contributed by atoms with Crippen molar-refractivity contribution >= 4 is 7.85 Å². The first-order valence-corrected chi connectivity index (χ1v) is 3.88. The van der Waals surface area contributed by atoms with Gasteiger partial charge in [0.15, 0.2) is 0 Å². The van der Waals surface area contributed by atoms with Gasteiger partial charge in [-0.3, -0.25) is 0 Å². The zero-order valence-corrected chi connectivity index (χ0v) is 6.83. The standard InChI is InChI=1S/C8H12BFO2/c1-5-6(9)2-7(12)8(5,3-10)4-11/h6-7,11-12H,1-4H2/t6-,7-,8-/m0/s1. The van der Waals surface area contributed by atoms with Gasteiger partial charge in [-0.05, 0) is 6.42 Å². The zero-order valence-electron chi connectivity index (χ0n) is 6.83. The van der Waals surface area contributed by atoms with E-state index in [-0.39, 0.29) is 6.42 Å². The largest absolute Gasteiger partial charge is 0.395 e. The third-order valence-electron chi connectivity index (χ3n) is 2.72. The molecule has 3 atom stereocenters. The van der Waals surface area contributed by atoms with Crippen LogP contribution in [0.5, 0.6) is 0 Å². The predicted octanol–water partition coefficient (Wildman–Crippen LogP) is 0.212. The number of halogens is 1. The zero-order chi connectivity index (χ0) is 9.35. The monoisotopic (exact) mass is 170 g/mol. The molecule has 0 aromatic rings. The molecule has 1 saturated carbocycles. The van der Waals surface area contributed by atoms with Gasteiger partial charge in [0.25, 0.3) is 0 Å². The van der Waals surface area contributed by atoms with E-state index in [4.69, 9.17) is 13.0 Å². The van der Waals surface area contributed by atoms with E-state index in [2.05, 4.69) is 6.58 Å². The first-order valence-electron chi connectivity index (χ1n) is 3.88. The van der Waals surface area contributed by atoms with Crippen LogP contribution in [0, 0.1) is 5.41 Å². The first kappa shape index (κ1) is 9.74. The maximum atomic E-state index is 12.6. The van der Waals surface area contributed by atoms with Crippen LogP contribution in [0.25, 0.3) is 0 Å². The Balaban J connectivity index is 2.93. The van der Waals surface area contributed by atoms with Crippen LogP contribution in [0.3, 0.4) is 0 Å². The summed E-state index contributed by atoms with van der Waals surface area (Å²) in [5, 5.41) is 18.4. The minimum Gasteiger partial charge on any atom is -0.395 e. The topological polar surface area (TPSA) is 40.5 Å². The van der Waals surface area contributed by atoms with Gasteiger partial charge in [-0.25, -0.2) is 4.39 Å². The lowest BCUT2D eigenvalue weighted by Crippen LogP contribution is -2.37. The summed E-state index contributed by atoms with van der Waals surface area (Å²) >= 11 is 0. The fourth-order valence-electron chi connectivity index (χ4n) is 1.62. The van der Waals surface area contributed by atoms with Gasteiger partial charge in [0.05, 0.1) is 26.0 Å². The Kier molecular flexibility index (Phi) is 2.59. The summed E-state index contributed by atoms with van der Waals surface area (Å²) in [4.78, 5) is 0. The Hall–Kier alpha value is -0.345. The lowest BCUT2D eigenvalue weighted by Gasteiger charge is -2.28. The second-order valence-corrected chi connectivity index (χ2v) is 3.33. The van der Waals surface area contributed by atoms with Crippen LogP contribution in [0.4, 0.5) is 4.39 Å². The molecule has 2 radical (unpaired) electrons. The maximum absolute atomic E-state index is 12.6. The van der Waals surface area contributed by atoms with Gasteiger partial charge in [0.2, 0.25) is 0 Å². The number of hydrogen-bond acceptors (Lipinski definition) is 2. The Morgan fingerprint density at radius 1 is 1.75 bits per heavy atom. The molecular weight excluding hydrogens is 158 g/mol. The molecule has 0 amide bonds. The molecule has 0 aromatic heterocycles. The van der Waals surface area contributed by atoms with Crippen molar-refractivity contribution < 1.29 is 14.6 Å². The van der Waals surface area contributed by atoms with E-state index in [1.54, 1.807) is 0 Å². The maximum Gasteiger partial charge on any atom is 0.103 e. The minimum absolute atomic E-state index is 0.281. The SMILES string of the molecule is [B][C@H]1C[C@H](O)[C@](CO)(CF)C1=C. The molecule has 0 aliphatic heterocycles. The average Bonchev–Trinajstić information content (AvgIpc) is 2.26. The van der Waals surface area contributed by atoms with Gasteiger partial charge >= 0.3 is 0 Å². The lowest BCUT2D eigenvalue weighted by atomic mass is 9.76. The second-order valence-electron chi connectivity index (χ2n) is 3.33. The van der Waals surface area contributed by atoms with Gasteiger partial charge < -0.3 is 10.2 Å². The number of aliphatic hydroxyl groups excluding tert-OH is 2. The summed E-state index contributed by atoms with van der Waals surface area (Å²) < 4.78 is 12.6. The summed E-state index contributed by atoms with van der Waals surface area (Å²) in [7, 11) is 5.56. The molecule has 0 spiro atoms. The number of rotatable bonds is 2. The van der Waals surface area contributed by atoms with Gasteiger partial charge in [-0.15, -0.1) is 0 Å². The normalized spacial score (nSPS) is 42.1. The van der Waals surface area contributed by atoms with Crippen LogP contribution in [-0.2, 0) is 0 Å². The molecule has 0 heterocycles. The van der Waals surface area contributed by atoms with Gasteiger partial charge in [0.1, 0.15) is 6.67 Å². The van der Waals surface area contributed by atoms with Gasteiger partial charge in [0, 0.05) is 0 Å². The van der Waals surface area contributed by atoms with Crippen molar-refractivity contribution in [1.82, 2.24) is 0 Å². The molecule has 4 heteroatoms. The molecule has 2 nitrogen and oxygen atoms in total. The molecule has 1 aliphatic carbocycles. The van der Waals surface area contributed by atoms with E-state index in [9.17, 15) is 9.50 Å². The molecule has 0 bridgehead atoms. The molecule has 66 valence electrons. The minimum atomic E-state index is -1.21. The molecular formula is C8H12BFO2. The highest BCUT2D eigenvalue weighted by atomic mass is 19.1. The fraction of sp³-hybridized carbons (Fsp3) is 0.750. The molecule has 1 fully saturated rings. The molecule has 12 heavy (non-hydrogen) atoms. The Morgan fingerprint density at radius 3 is 2.50 bits per heavy atom. The number of aliphatic hydroxyl groups is 2. The fourth-order valence-corrected chi connectivity index (χ4v) is 1.62. The molecule has 0 unspecified atom stereocenters. The van der Waals surface area contributed by atoms with Gasteiger partial charge in [-0.2, -0.15) is 0 Å². The summed E-state index contributed by atoms with van der Waals surface area (Å²) in [5.41, 5.74) is -0.792. The van der Waals surface area contributed by atoms with Crippen LogP contribution in [-0.4, -0.2) is 37.4 Å². The second kappa shape index (κ2) is 3.19. The Bertz CT molecular complexity index is 191. The van der Waals surface area contributed by atoms with E-state index in [0.29, 0.717) is 5.57 Å². The third-order valence-corrected chi connectivity index (χ3v) is 2.72. The highest BCUT2D eigenvalue weighted by Gasteiger charge is 2.47. The Labute approximate surface area is 72.5 Å². The molecule has 1 rings (SSSR count). The molecule has 1 aliphatic rings. The average molecular weight is 170 g/mol. The molecule has 0 saturated heterocycles. The van der Waals surface area contributed by atoms with Crippen molar-refractivity contribution in [1.29, 1.82) is 0 Å². The van der Waals surface area contributed by atoms with Crippen LogP contribution in [0.2, 0.25) is 5.82 Å². The summed E-state index contributed by atoms with van der Waals surface area (Å²) in [6.07, 6.45) is -0.626. The smallest absolute Gasteiger partial charge is 0.103 e. The lowest BCUT2D eigenvalue weighted by molar-refractivity contribution is 0.0112. The van der Waals surface area contributed by atoms with Crippen LogP contribution in [0.15, 0.2) is 12.2 Å². The van der Waals surface area contributed by atoms with E-state index < -0.39 is 30.6 Å². The molecule has 0 aromatic carbocycles. The number of hydrogen-bond donors (Lipinski definition) is 2. The van der Waals surface area contributed by atoms with Crippen molar-refractivity contribution in [2.45, 2.75) is 18.3 Å². The van der Waals surface area contributed by atoms with Crippen molar-refractivity contribution in [2.24, 2.45) is 5.41 Å². The van der Waals surface area contributed by atoms with Crippen molar-refractivity contribution in [2.75, 3.05) is 13.3 Å². The predicted molar refractivity (Wildman–Crippen MR) is 44.8 cm³/mol. The number of alkyl halides is 1. The summed E-state index contributed by atoms with van der Waals surface area (Å²) in [5.74, 6) is -0.400. The Morgan fingerprint density at radius 2 is 2.33 bits per heavy atom. The van der Waals surface area contributed by atoms with Crippen molar-refractivity contribution in [3.05, 3.63) is 12.2 Å². The van der Waals surface area contributed by atoms with Crippen LogP contribution >= 0.6 is 0 Å². The van der Waals surface area contributed by atoms with E-state index in [1.807, 2.05) is 0 Å². The van der Waals surface area contributed by atoms with E-state index in [0.717, 1.165) is 0 Å².